The van der Waals surface area contributed by atoms with E-state index in [9.17, 15) is 19.2 Å². The summed E-state index contributed by atoms with van der Waals surface area (Å²) >= 11 is 0. The van der Waals surface area contributed by atoms with Crippen LogP contribution in [0.25, 0.3) is 21.9 Å². The van der Waals surface area contributed by atoms with E-state index in [0.29, 0.717) is 34.0 Å². The lowest BCUT2D eigenvalue weighted by Gasteiger charge is -2.08. The molecule has 2 heterocycles. The summed E-state index contributed by atoms with van der Waals surface area (Å²) in [6.07, 6.45) is 0.468. The molecule has 0 fully saturated rings. The normalized spacial score (nSPS) is 11.0. The minimum absolute atomic E-state index is 0.134. The number of fused-ring (bicyclic) bond motifs is 2. The first-order valence-corrected chi connectivity index (χ1v) is 9.07. The Morgan fingerprint density at radius 2 is 1.86 bits per heavy atom. The fourth-order valence-electron chi connectivity index (χ4n) is 3.17. The Kier molecular flexibility index (Phi) is 4.82. The average Bonchev–Trinajstić information content (AvgIpc) is 2.70. The summed E-state index contributed by atoms with van der Waals surface area (Å²) in [4.78, 5) is 50.7. The topological polar surface area (TPSA) is 114 Å². The van der Waals surface area contributed by atoms with Crippen LogP contribution in [0.2, 0.25) is 0 Å². The highest BCUT2D eigenvalue weighted by Crippen LogP contribution is 2.17. The number of hydrogen-bond acceptors (Lipinski definition) is 5. The molecule has 0 bridgehead atoms. The van der Waals surface area contributed by atoms with Crippen LogP contribution < -0.4 is 22.2 Å². The molecule has 4 aromatic rings. The molecule has 146 valence electrons. The van der Waals surface area contributed by atoms with Gasteiger partial charge in [0.25, 0.3) is 5.56 Å². The molecule has 2 aromatic carbocycles. The van der Waals surface area contributed by atoms with Gasteiger partial charge in [-0.15, -0.1) is 0 Å². The molecule has 0 aliphatic heterocycles. The molecule has 0 saturated heterocycles. The molecule has 0 radical (unpaired) electrons. The van der Waals surface area contributed by atoms with Gasteiger partial charge in [-0.3, -0.25) is 14.2 Å². The van der Waals surface area contributed by atoms with Crippen LogP contribution in [0.4, 0.5) is 5.69 Å². The average molecular weight is 391 g/mol. The summed E-state index contributed by atoms with van der Waals surface area (Å²) in [5.74, 6) is -0.244. The Morgan fingerprint density at radius 3 is 2.72 bits per heavy atom. The van der Waals surface area contributed by atoms with Crippen molar-refractivity contribution in [2.45, 2.75) is 19.4 Å². The Bertz CT molecular complexity index is 1400. The lowest BCUT2D eigenvalue weighted by Crippen LogP contribution is -2.35. The lowest BCUT2D eigenvalue weighted by atomic mass is 10.2. The van der Waals surface area contributed by atoms with Gasteiger partial charge in [0.1, 0.15) is 5.58 Å². The standard InChI is InChI=1S/C21H17N3O5/c25-18(22-14-8-9-17-13(12-14)7-10-19(26)29-17)6-3-11-24-20(27)15-4-1-2-5-16(15)23-21(24)28/h1-2,4-5,7-10,12H,3,6,11H2,(H,22,25)(H,23,28). The maximum absolute atomic E-state index is 12.5. The molecule has 2 N–H and O–H groups in total. The zero-order valence-corrected chi connectivity index (χ0v) is 15.3. The molecule has 8 nitrogen and oxygen atoms in total. The van der Waals surface area contributed by atoms with Gasteiger partial charge in [0.15, 0.2) is 0 Å². The van der Waals surface area contributed by atoms with Gasteiger partial charge in [-0.25, -0.2) is 9.59 Å². The number of rotatable bonds is 5. The first-order chi connectivity index (χ1) is 14.0. The number of nitrogens with one attached hydrogen (secondary N) is 2. The number of para-hydroxylation sites is 1. The van der Waals surface area contributed by atoms with E-state index in [1.165, 1.54) is 6.07 Å². The van der Waals surface area contributed by atoms with Crippen molar-refractivity contribution in [2.24, 2.45) is 0 Å². The Balaban J connectivity index is 1.42. The second-order valence-corrected chi connectivity index (χ2v) is 6.59. The molecule has 0 unspecified atom stereocenters. The van der Waals surface area contributed by atoms with Crippen molar-refractivity contribution in [2.75, 3.05) is 5.32 Å². The first-order valence-electron chi connectivity index (χ1n) is 9.07. The Labute approximate surface area is 163 Å². The highest BCUT2D eigenvalue weighted by Gasteiger charge is 2.09. The summed E-state index contributed by atoms with van der Waals surface area (Å²) in [6.45, 7) is 0.134. The van der Waals surface area contributed by atoms with Crippen molar-refractivity contribution in [1.29, 1.82) is 0 Å². The van der Waals surface area contributed by atoms with Crippen molar-refractivity contribution in [3.8, 4) is 0 Å². The number of anilines is 1. The molecule has 0 spiro atoms. The molecular weight excluding hydrogens is 374 g/mol. The molecule has 29 heavy (non-hydrogen) atoms. The van der Waals surface area contributed by atoms with Crippen LogP contribution in [0.3, 0.4) is 0 Å². The number of carbonyl (C=O) groups is 1. The zero-order valence-electron chi connectivity index (χ0n) is 15.3. The van der Waals surface area contributed by atoms with Gasteiger partial charge >= 0.3 is 11.3 Å². The van der Waals surface area contributed by atoms with Crippen molar-refractivity contribution in [3.63, 3.8) is 0 Å². The fourth-order valence-corrected chi connectivity index (χ4v) is 3.17. The van der Waals surface area contributed by atoms with E-state index in [1.807, 2.05) is 0 Å². The second kappa shape index (κ2) is 7.59. The first kappa shape index (κ1) is 18.4. The zero-order chi connectivity index (χ0) is 20.4. The van der Waals surface area contributed by atoms with Crippen molar-refractivity contribution < 1.29 is 9.21 Å². The predicted octanol–water partition coefficient (Wildman–Crippen LogP) is 2.22. The van der Waals surface area contributed by atoms with Gasteiger partial charge in [0, 0.05) is 30.1 Å². The molecule has 0 saturated carbocycles. The molecule has 0 aliphatic carbocycles. The number of nitrogens with zero attached hydrogens (tertiary/aromatic N) is 1. The quantitative estimate of drug-likeness (QED) is 0.506. The van der Waals surface area contributed by atoms with E-state index < -0.39 is 11.3 Å². The van der Waals surface area contributed by atoms with Crippen LogP contribution in [-0.4, -0.2) is 15.5 Å². The molecule has 0 aliphatic rings. The molecule has 0 atom stereocenters. The highest BCUT2D eigenvalue weighted by atomic mass is 16.4. The van der Waals surface area contributed by atoms with Crippen LogP contribution in [0.1, 0.15) is 12.8 Å². The SMILES string of the molecule is O=C(CCCn1c(=O)[nH]c2ccccc2c1=O)Nc1ccc2oc(=O)ccc2c1. The van der Waals surface area contributed by atoms with Crippen LogP contribution in [0.5, 0.6) is 0 Å². The van der Waals surface area contributed by atoms with E-state index in [1.54, 1.807) is 48.5 Å². The monoisotopic (exact) mass is 391 g/mol. The molecule has 8 heteroatoms. The lowest BCUT2D eigenvalue weighted by molar-refractivity contribution is -0.116. The summed E-state index contributed by atoms with van der Waals surface area (Å²) < 4.78 is 6.16. The number of benzene rings is 2. The van der Waals surface area contributed by atoms with Gasteiger partial charge in [0.2, 0.25) is 5.91 Å². The predicted molar refractivity (Wildman–Crippen MR) is 109 cm³/mol. The van der Waals surface area contributed by atoms with Crippen molar-refractivity contribution >= 4 is 33.5 Å². The summed E-state index contributed by atoms with van der Waals surface area (Å²) in [6, 6.07) is 14.7. The molecule has 2 aromatic heterocycles. The molecule has 4 rings (SSSR count). The van der Waals surface area contributed by atoms with E-state index in [4.69, 9.17) is 4.42 Å². The van der Waals surface area contributed by atoms with Gasteiger partial charge in [-0.1, -0.05) is 12.1 Å². The second-order valence-electron chi connectivity index (χ2n) is 6.59. The van der Waals surface area contributed by atoms with Crippen LogP contribution in [-0.2, 0) is 11.3 Å². The molecule has 1 amide bonds. The highest BCUT2D eigenvalue weighted by molar-refractivity contribution is 5.93. The summed E-state index contributed by atoms with van der Waals surface area (Å²) in [5, 5.41) is 3.88. The van der Waals surface area contributed by atoms with Gasteiger partial charge in [-0.2, -0.15) is 0 Å². The Hall–Kier alpha value is -3.94. The number of H-pyrrole nitrogens is 1. The number of carbonyl (C=O) groups excluding carboxylic acids is 1. The largest absolute Gasteiger partial charge is 0.423 e. The van der Waals surface area contributed by atoms with Gasteiger partial charge in [0.05, 0.1) is 10.9 Å². The van der Waals surface area contributed by atoms with Crippen molar-refractivity contribution in [3.05, 3.63) is 85.9 Å². The third kappa shape index (κ3) is 3.86. The van der Waals surface area contributed by atoms with Crippen molar-refractivity contribution in [1.82, 2.24) is 9.55 Å². The van der Waals surface area contributed by atoms with E-state index in [-0.39, 0.29) is 24.4 Å². The third-order valence-electron chi connectivity index (χ3n) is 4.58. The van der Waals surface area contributed by atoms with E-state index >= 15 is 0 Å². The van der Waals surface area contributed by atoms with Crippen LogP contribution >= 0.6 is 0 Å². The number of hydrogen-bond donors (Lipinski definition) is 2. The van der Waals surface area contributed by atoms with E-state index in [2.05, 4.69) is 10.3 Å². The number of amides is 1. The van der Waals surface area contributed by atoms with Crippen LogP contribution in [0.15, 0.2) is 73.4 Å². The smallest absolute Gasteiger partial charge is 0.336 e. The maximum atomic E-state index is 12.5. The minimum Gasteiger partial charge on any atom is -0.423 e. The number of aromatic amines is 1. The van der Waals surface area contributed by atoms with Gasteiger partial charge < -0.3 is 14.7 Å². The number of aromatic nitrogens is 2. The maximum Gasteiger partial charge on any atom is 0.336 e. The summed E-state index contributed by atoms with van der Waals surface area (Å²) in [7, 11) is 0. The minimum atomic E-state index is -0.495. The van der Waals surface area contributed by atoms with Gasteiger partial charge in [-0.05, 0) is 42.8 Å². The van der Waals surface area contributed by atoms with E-state index in [0.717, 1.165) is 4.57 Å². The summed E-state index contributed by atoms with van der Waals surface area (Å²) in [5.41, 5.74) is 0.185. The fraction of sp³-hybridized carbons (Fsp3) is 0.143. The Morgan fingerprint density at radius 1 is 1.03 bits per heavy atom. The van der Waals surface area contributed by atoms with Crippen LogP contribution in [0, 0.1) is 0 Å². The third-order valence-corrected chi connectivity index (χ3v) is 4.58. The molecular formula is C21H17N3O5.